The fraction of sp³-hybridized carbons (Fsp3) is 0.250. The van der Waals surface area contributed by atoms with E-state index in [0.717, 1.165) is 17.3 Å². The number of nitrogens with zero attached hydrogens (tertiary/aromatic N) is 3. The lowest BCUT2D eigenvalue weighted by Crippen LogP contribution is -2.37. The molecule has 0 bridgehead atoms. The molecule has 6 nitrogen and oxygen atoms in total. The zero-order valence-electron chi connectivity index (χ0n) is 14.4. The summed E-state index contributed by atoms with van der Waals surface area (Å²) in [5, 5.41) is 7.81. The summed E-state index contributed by atoms with van der Waals surface area (Å²) in [4.78, 5) is 29.2. The molecule has 2 amide bonds. The standard InChI is InChI=1S/C20H20N4O2/c25-19(15-5-2-1-3-6-15)23-9-4-10-24(12-11-23)20(26)16-7-8-18-17(13-16)14-21-22-18/h1-3,5-8,13-14H,4,9-12H2,(H,21,22). The number of H-pyrrole nitrogens is 1. The third kappa shape index (κ3) is 3.18. The Morgan fingerprint density at radius 1 is 0.846 bits per heavy atom. The molecule has 0 unspecified atom stereocenters. The first-order valence-corrected chi connectivity index (χ1v) is 8.79. The maximum absolute atomic E-state index is 12.9. The van der Waals surface area contributed by atoms with Gasteiger partial charge in [-0.05, 0) is 36.8 Å². The second-order valence-electron chi connectivity index (χ2n) is 6.48. The maximum atomic E-state index is 12.9. The zero-order valence-corrected chi connectivity index (χ0v) is 14.4. The smallest absolute Gasteiger partial charge is 0.253 e. The summed E-state index contributed by atoms with van der Waals surface area (Å²) in [6.45, 7) is 2.41. The van der Waals surface area contributed by atoms with Crippen LogP contribution in [0, 0.1) is 0 Å². The molecule has 0 atom stereocenters. The Labute approximate surface area is 151 Å². The molecule has 1 aliphatic rings. The minimum Gasteiger partial charge on any atom is -0.337 e. The fourth-order valence-corrected chi connectivity index (χ4v) is 3.35. The topological polar surface area (TPSA) is 69.3 Å². The van der Waals surface area contributed by atoms with Crippen LogP contribution >= 0.6 is 0 Å². The molecule has 1 aromatic heterocycles. The number of rotatable bonds is 2. The average molecular weight is 348 g/mol. The van der Waals surface area contributed by atoms with E-state index in [9.17, 15) is 9.59 Å². The lowest BCUT2D eigenvalue weighted by molar-refractivity contribution is 0.0719. The summed E-state index contributed by atoms with van der Waals surface area (Å²) < 4.78 is 0. The van der Waals surface area contributed by atoms with Gasteiger partial charge in [-0.3, -0.25) is 14.7 Å². The Morgan fingerprint density at radius 3 is 2.27 bits per heavy atom. The van der Waals surface area contributed by atoms with Gasteiger partial charge in [-0.15, -0.1) is 0 Å². The Balaban J connectivity index is 1.46. The molecule has 1 aliphatic heterocycles. The van der Waals surface area contributed by atoms with Gasteiger partial charge in [0, 0.05) is 42.7 Å². The van der Waals surface area contributed by atoms with Crippen molar-refractivity contribution in [2.75, 3.05) is 26.2 Å². The van der Waals surface area contributed by atoms with Crippen molar-refractivity contribution < 1.29 is 9.59 Å². The predicted octanol–water partition coefficient (Wildman–Crippen LogP) is 2.55. The first-order chi connectivity index (χ1) is 12.7. The number of fused-ring (bicyclic) bond motifs is 1. The summed E-state index contributed by atoms with van der Waals surface area (Å²) in [6.07, 6.45) is 2.49. The van der Waals surface area contributed by atoms with Gasteiger partial charge < -0.3 is 9.80 Å². The summed E-state index contributed by atoms with van der Waals surface area (Å²) in [5.74, 6) is 0.0295. The van der Waals surface area contributed by atoms with Gasteiger partial charge in [-0.1, -0.05) is 18.2 Å². The van der Waals surface area contributed by atoms with Crippen molar-refractivity contribution in [3.05, 3.63) is 65.9 Å². The molecule has 1 fully saturated rings. The number of hydrogen-bond donors (Lipinski definition) is 1. The van der Waals surface area contributed by atoms with Crippen LogP contribution in [0.3, 0.4) is 0 Å². The first-order valence-electron chi connectivity index (χ1n) is 8.79. The van der Waals surface area contributed by atoms with Gasteiger partial charge in [-0.25, -0.2) is 0 Å². The van der Waals surface area contributed by atoms with E-state index < -0.39 is 0 Å². The molecule has 0 saturated carbocycles. The Kier molecular flexibility index (Phi) is 4.39. The van der Waals surface area contributed by atoms with Crippen LogP contribution in [0.15, 0.2) is 54.7 Å². The molecule has 6 heteroatoms. The Bertz CT molecular complexity index is 935. The third-order valence-electron chi connectivity index (χ3n) is 4.78. The Morgan fingerprint density at radius 2 is 1.54 bits per heavy atom. The quantitative estimate of drug-likeness (QED) is 0.774. The molecule has 3 aromatic rings. The van der Waals surface area contributed by atoms with Crippen LogP contribution in [0.2, 0.25) is 0 Å². The van der Waals surface area contributed by atoms with Crippen LogP contribution in [-0.2, 0) is 0 Å². The molecular formula is C20H20N4O2. The number of carbonyl (C=O) groups is 2. The molecule has 26 heavy (non-hydrogen) atoms. The highest BCUT2D eigenvalue weighted by molar-refractivity contribution is 5.98. The fourth-order valence-electron chi connectivity index (χ4n) is 3.35. The molecule has 132 valence electrons. The summed E-state index contributed by atoms with van der Waals surface area (Å²) >= 11 is 0. The third-order valence-corrected chi connectivity index (χ3v) is 4.78. The highest BCUT2D eigenvalue weighted by atomic mass is 16.2. The molecule has 0 radical (unpaired) electrons. The lowest BCUT2D eigenvalue weighted by Gasteiger charge is -2.22. The van der Waals surface area contributed by atoms with E-state index in [4.69, 9.17) is 0 Å². The van der Waals surface area contributed by atoms with E-state index in [1.54, 1.807) is 6.20 Å². The summed E-state index contributed by atoms with van der Waals surface area (Å²) in [6, 6.07) is 14.8. The number of amides is 2. The van der Waals surface area contributed by atoms with Gasteiger partial charge >= 0.3 is 0 Å². The normalized spacial score (nSPS) is 15.1. The monoisotopic (exact) mass is 348 g/mol. The molecule has 0 spiro atoms. The van der Waals surface area contributed by atoms with E-state index in [1.807, 2.05) is 58.3 Å². The van der Waals surface area contributed by atoms with Crippen LogP contribution in [-0.4, -0.2) is 58.0 Å². The predicted molar refractivity (Wildman–Crippen MR) is 99.0 cm³/mol. The molecule has 1 N–H and O–H groups in total. The van der Waals surface area contributed by atoms with E-state index in [2.05, 4.69) is 10.2 Å². The first kappa shape index (κ1) is 16.3. The largest absolute Gasteiger partial charge is 0.337 e. The van der Waals surface area contributed by atoms with Crippen molar-refractivity contribution in [2.24, 2.45) is 0 Å². The van der Waals surface area contributed by atoms with Crippen molar-refractivity contribution in [3.8, 4) is 0 Å². The minimum atomic E-state index is 0.00195. The second kappa shape index (κ2) is 7.00. The van der Waals surface area contributed by atoms with Crippen LogP contribution in [0.4, 0.5) is 0 Å². The van der Waals surface area contributed by atoms with Crippen LogP contribution < -0.4 is 0 Å². The van der Waals surface area contributed by atoms with Crippen molar-refractivity contribution in [1.82, 2.24) is 20.0 Å². The summed E-state index contributed by atoms with van der Waals surface area (Å²) in [5.41, 5.74) is 2.26. The Hall–Kier alpha value is -3.15. The maximum Gasteiger partial charge on any atom is 0.253 e. The van der Waals surface area contributed by atoms with Gasteiger partial charge in [0.2, 0.25) is 0 Å². The average Bonchev–Trinajstić information content (AvgIpc) is 3.02. The summed E-state index contributed by atoms with van der Waals surface area (Å²) in [7, 11) is 0. The van der Waals surface area contributed by atoms with Crippen LogP contribution in [0.5, 0.6) is 0 Å². The van der Waals surface area contributed by atoms with Gasteiger partial charge in [0.15, 0.2) is 0 Å². The molecule has 2 aromatic carbocycles. The van der Waals surface area contributed by atoms with E-state index in [1.165, 1.54) is 0 Å². The second-order valence-corrected chi connectivity index (χ2v) is 6.48. The highest BCUT2D eigenvalue weighted by Crippen LogP contribution is 2.16. The number of aromatic amines is 1. The molecule has 4 rings (SSSR count). The van der Waals surface area contributed by atoms with Crippen molar-refractivity contribution in [3.63, 3.8) is 0 Å². The van der Waals surface area contributed by atoms with Gasteiger partial charge in [0.05, 0.1) is 11.7 Å². The van der Waals surface area contributed by atoms with Crippen molar-refractivity contribution in [1.29, 1.82) is 0 Å². The molecule has 0 aliphatic carbocycles. The molecule has 1 saturated heterocycles. The van der Waals surface area contributed by atoms with E-state index >= 15 is 0 Å². The van der Waals surface area contributed by atoms with Crippen molar-refractivity contribution >= 4 is 22.7 Å². The highest BCUT2D eigenvalue weighted by Gasteiger charge is 2.23. The lowest BCUT2D eigenvalue weighted by atomic mass is 10.1. The van der Waals surface area contributed by atoms with Crippen molar-refractivity contribution in [2.45, 2.75) is 6.42 Å². The van der Waals surface area contributed by atoms with E-state index in [0.29, 0.717) is 37.3 Å². The molecular weight excluding hydrogens is 328 g/mol. The number of hydrogen-bond acceptors (Lipinski definition) is 3. The zero-order chi connectivity index (χ0) is 17.9. The van der Waals surface area contributed by atoms with Crippen LogP contribution in [0.25, 0.3) is 10.9 Å². The number of aromatic nitrogens is 2. The minimum absolute atomic E-state index is 0.00195. The number of nitrogens with one attached hydrogen (secondary N) is 1. The van der Waals surface area contributed by atoms with Gasteiger partial charge in [0.25, 0.3) is 11.8 Å². The van der Waals surface area contributed by atoms with Gasteiger partial charge in [-0.2, -0.15) is 5.10 Å². The van der Waals surface area contributed by atoms with Gasteiger partial charge in [0.1, 0.15) is 0 Å². The number of benzene rings is 2. The molecule has 2 heterocycles. The SMILES string of the molecule is O=C(c1ccccc1)N1CCCN(C(=O)c2ccc3[nH]ncc3c2)CC1. The van der Waals surface area contributed by atoms with E-state index in [-0.39, 0.29) is 11.8 Å². The number of carbonyl (C=O) groups excluding carboxylic acids is 2. The van der Waals surface area contributed by atoms with Crippen LogP contribution in [0.1, 0.15) is 27.1 Å².